The van der Waals surface area contributed by atoms with E-state index in [2.05, 4.69) is 0 Å². The van der Waals surface area contributed by atoms with E-state index in [1.807, 2.05) is 26.0 Å². The molecule has 0 unspecified atom stereocenters. The molecule has 0 radical (unpaired) electrons. The zero-order chi connectivity index (χ0) is 15.7. The van der Waals surface area contributed by atoms with Gasteiger partial charge in [-0.25, -0.2) is 4.90 Å². The Morgan fingerprint density at radius 1 is 1.09 bits per heavy atom. The minimum Gasteiger partial charge on any atom is -0.497 e. The predicted octanol–water partition coefficient (Wildman–Crippen LogP) is 1.92. The summed E-state index contributed by atoms with van der Waals surface area (Å²) < 4.78 is 11.2. The van der Waals surface area contributed by atoms with Gasteiger partial charge in [-0.1, -0.05) is 18.2 Å². The monoisotopic (exact) mass is 299 g/mol. The van der Waals surface area contributed by atoms with Crippen LogP contribution in [0.25, 0.3) is 0 Å². The summed E-state index contributed by atoms with van der Waals surface area (Å²) in [5.41, 5.74) is -0.838. The summed E-state index contributed by atoms with van der Waals surface area (Å²) in [6, 6.07) is 7.01. The Bertz CT molecular complexity index is 691. The Morgan fingerprint density at radius 3 is 2.23 bits per heavy atom. The van der Waals surface area contributed by atoms with Crippen molar-refractivity contribution in [1.82, 2.24) is 0 Å². The lowest BCUT2D eigenvalue weighted by Crippen LogP contribution is -2.39. The van der Waals surface area contributed by atoms with Gasteiger partial charge in [-0.3, -0.25) is 9.59 Å². The molecule has 5 nitrogen and oxygen atoms in total. The number of amides is 2. The Kier molecular flexibility index (Phi) is 2.45. The quantitative estimate of drug-likeness (QED) is 0.618. The summed E-state index contributed by atoms with van der Waals surface area (Å²) >= 11 is 0. The van der Waals surface area contributed by atoms with Crippen molar-refractivity contribution in [1.29, 1.82) is 0 Å². The topological polar surface area (TPSA) is 55.8 Å². The Labute approximate surface area is 128 Å². The minimum absolute atomic E-state index is 0.196. The minimum atomic E-state index is -0.695. The van der Waals surface area contributed by atoms with Crippen molar-refractivity contribution in [3.05, 3.63) is 36.4 Å². The number of rotatable bonds is 2. The van der Waals surface area contributed by atoms with E-state index in [4.69, 9.17) is 9.47 Å². The fraction of sp³-hybridized carbons (Fsp3) is 0.412. The maximum absolute atomic E-state index is 12.9. The SMILES string of the molecule is COc1cccc(N2C(=O)[C@@H]3[C@H](C2=O)[C@@]2(C)C=C[C@]3(C)O2)c1. The second-order valence-electron chi connectivity index (χ2n) is 6.47. The zero-order valence-corrected chi connectivity index (χ0v) is 12.7. The number of carbonyl (C=O) groups excluding carboxylic acids is 2. The van der Waals surface area contributed by atoms with E-state index in [0.717, 1.165) is 0 Å². The van der Waals surface area contributed by atoms with E-state index in [0.29, 0.717) is 11.4 Å². The molecule has 2 fully saturated rings. The molecule has 0 N–H and O–H groups in total. The molecular formula is C17H17NO4. The van der Waals surface area contributed by atoms with Crippen LogP contribution in [0.5, 0.6) is 5.75 Å². The van der Waals surface area contributed by atoms with E-state index in [9.17, 15) is 9.59 Å². The van der Waals surface area contributed by atoms with Crippen molar-refractivity contribution in [3.63, 3.8) is 0 Å². The molecule has 3 aliphatic rings. The maximum Gasteiger partial charge on any atom is 0.241 e. The third-order valence-corrected chi connectivity index (χ3v) is 5.04. The average Bonchev–Trinajstić information content (AvgIpc) is 3.04. The molecule has 0 aromatic heterocycles. The molecular weight excluding hydrogens is 282 g/mol. The highest BCUT2D eigenvalue weighted by molar-refractivity contribution is 6.23. The fourth-order valence-corrected chi connectivity index (χ4v) is 4.04. The largest absolute Gasteiger partial charge is 0.497 e. The molecule has 3 heterocycles. The number of fused-ring (bicyclic) bond motifs is 5. The Balaban J connectivity index is 1.79. The first kappa shape index (κ1) is 13.5. The Morgan fingerprint density at radius 2 is 1.68 bits per heavy atom. The van der Waals surface area contributed by atoms with Crippen LogP contribution in [0.2, 0.25) is 0 Å². The molecule has 5 heteroatoms. The summed E-state index contributed by atoms with van der Waals surface area (Å²) in [5, 5.41) is 0. The van der Waals surface area contributed by atoms with E-state index < -0.39 is 23.0 Å². The van der Waals surface area contributed by atoms with E-state index in [1.165, 1.54) is 4.90 Å². The number of anilines is 1. The number of methoxy groups -OCH3 is 1. The van der Waals surface area contributed by atoms with Crippen LogP contribution in [-0.2, 0) is 14.3 Å². The number of benzene rings is 1. The third-order valence-electron chi connectivity index (χ3n) is 5.04. The third kappa shape index (κ3) is 1.47. The highest BCUT2D eigenvalue weighted by Gasteiger charge is 2.70. The van der Waals surface area contributed by atoms with Crippen LogP contribution in [0.15, 0.2) is 36.4 Å². The van der Waals surface area contributed by atoms with Gasteiger partial charge < -0.3 is 9.47 Å². The number of ether oxygens (including phenoxy) is 2. The molecule has 0 aliphatic carbocycles. The number of nitrogens with zero attached hydrogens (tertiary/aromatic N) is 1. The van der Waals surface area contributed by atoms with Crippen LogP contribution in [0.1, 0.15) is 13.8 Å². The molecule has 22 heavy (non-hydrogen) atoms. The van der Waals surface area contributed by atoms with Crippen molar-refractivity contribution in [2.24, 2.45) is 11.8 Å². The van der Waals surface area contributed by atoms with Crippen molar-refractivity contribution in [2.45, 2.75) is 25.0 Å². The Hall–Kier alpha value is -2.14. The van der Waals surface area contributed by atoms with Crippen LogP contribution in [-0.4, -0.2) is 30.1 Å². The molecule has 4 rings (SSSR count). The lowest BCUT2D eigenvalue weighted by molar-refractivity contribution is -0.128. The summed E-state index contributed by atoms with van der Waals surface area (Å²) in [5.74, 6) is -0.690. The van der Waals surface area contributed by atoms with Gasteiger partial charge >= 0.3 is 0 Å². The molecule has 0 spiro atoms. The van der Waals surface area contributed by atoms with Crippen LogP contribution in [0, 0.1) is 11.8 Å². The van der Waals surface area contributed by atoms with Gasteiger partial charge in [0.1, 0.15) is 5.75 Å². The first-order chi connectivity index (χ1) is 10.4. The average molecular weight is 299 g/mol. The smallest absolute Gasteiger partial charge is 0.241 e. The summed E-state index contributed by atoms with van der Waals surface area (Å²) in [6.07, 6.45) is 3.82. The van der Waals surface area contributed by atoms with Crippen molar-refractivity contribution in [3.8, 4) is 5.75 Å². The van der Waals surface area contributed by atoms with E-state index in [-0.39, 0.29) is 11.8 Å². The highest BCUT2D eigenvalue weighted by atomic mass is 16.5. The maximum atomic E-state index is 12.9. The number of hydrogen-bond acceptors (Lipinski definition) is 4. The van der Waals surface area contributed by atoms with Gasteiger partial charge in [0, 0.05) is 6.07 Å². The molecule has 1 aromatic carbocycles. The van der Waals surface area contributed by atoms with Gasteiger partial charge in [-0.05, 0) is 26.0 Å². The van der Waals surface area contributed by atoms with Crippen molar-refractivity contribution >= 4 is 17.5 Å². The van der Waals surface area contributed by atoms with Gasteiger partial charge in [0.25, 0.3) is 0 Å². The molecule has 2 bridgehead atoms. The highest BCUT2D eigenvalue weighted by Crippen LogP contribution is 2.57. The molecule has 3 aliphatic heterocycles. The van der Waals surface area contributed by atoms with Crippen LogP contribution < -0.4 is 9.64 Å². The fourth-order valence-electron chi connectivity index (χ4n) is 4.04. The van der Waals surface area contributed by atoms with Crippen LogP contribution in [0.3, 0.4) is 0 Å². The second-order valence-corrected chi connectivity index (χ2v) is 6.47. The number of hydrogen-bond donors (Lipinski definition) is 0. The van der Waals surface area contributed by atoms with Crippen LogP contribution >= 0.6 is 0 Å². The molecule has 114 valence electrons. The lowest BCUT2D eigenvalue weighted by atomic mass is 9.73. The molecule has 2 amide bonds. The first-order valence-corrected chi connectivity index (χ1v) is 7.32. The van der Waals surface area contributed by atoms with E-state index >= 15 is 0 Å². The number of imide groups is 1. The van der Waals surface area contributed by atoms with Gasteiger partial charge in [0.15, 0.2) is 0 Å². The van der Waals surface area contributed by atoms with Crippen molar-refractivity contribution < 1.29 is 19.1 Å². The zero-order valence-electron chi connectivity index (χ0n) is 12.7. The second kappa shape index (κ2) is 3.98. The summed E-state index contributed by atoms with van der Waals surface area (Å²) in [6.45, 7) is 3.75. The molecule has 4 atom stereocenters. The van der Waals surface area contributed by atoms with Gasteiger partial charge in [0.05, 0.1) is 35.8 Å². The lowest BCUT2D eigenvalue weighted by Gasteiger charge is -2.25. The normalized spacial score (nSPS) is 38.8. The standard InChI is InChI=1S/C17H17NO4/c1-16-7-8-17(2,22-16)13-12(16)14(19)18(15(13)20)10-5-4-6-11(9-10)21-3/h4-9,12-13H,1-3H3/t12-,13+,16-,17+. The molecule has 2 saturated heterocycles. The predicted molar refractivity (Wildman–Crippen MR) is 79.5 cm³/mol. The van der Waals surface area contributed by atoms with Gasteiger partial charge in [-0.15, -0.1) is 0 Å². The van der Waals surface area contributed by atoms with Crippen molar-refractivity contribution in [2.75, 3.05) is 12.0 Å². The molecule has 1 aromatic rings. The van der Waals surface area contributed by atoms with Gasteiger partial charge in [0.2, 0.25) is 11.8 Å². The summed E-state index contributed by atoms with van der Waals surface area (Å²) in [7, 11) is 1.56. The van der Waals surface area contributed by atoms with E-state index in [1.54, 1.807) is 31.4 Å². The molecule has 0 saturated carbocycles. The van der Waals surface area contributed by atoms with Crippen LogP contribution in [0.4, 0.5) is 5.69 Å². The first-order valence-electron chi connectivity index (χ1n) is 7.32. The summed E-state index contributed by atoms with van der Waals surface area (Å²) in [4.78, 5) is 27.1. The van der Waals surface area contributed by atoms with Gasteiger partial charge in [-0.2, -0.15) is 0 Å². The number of carbonyl (C=O) groups is 2.